The monoisotopic (exact) mass is 376 g/mol. The molecular formula is C22H28N6. The minimum atomic E-state index is 0.456. The number of likely N-dealkylation sites (tertiary alicyclic amines) is 1. The van der Waals surface area contributed by atoms with Crippen molar-refractivity contribution in [2.24, 2.45) is 7.05 Å². The molecule has 1 atom stereocenters. The summed E-state index contributed by atoms with van der Waals surface area (Å²) in [5.74, 6) is 2.18. The van der Waals surface area contributed by atoms with Crippen LogP contribution < -0.4 is 5.32 Å². The Hall–Kier alpha value is -2.73. The van der Waals surface area contributed by atoms with E-state index in [9.17, 15) is 0 Å². The summed E-state index contributed by atoms with van der Waals surface area (Å²) in [7, 11) is 1.99. The summed E-state index contributed by atoms with van der Waals surface area (Å²) in [5.41, 5.74) is 4.72. The van der Waals surface area contributed by atoms with Crippen molar-refractivity contribution in [3.63, 3.8) is 0 Å². The van der Waals surface area contributed by atoms with E-state index in [-0.39, 0.29) is 0 Å². The van der Waals surface area contributed by atoms with Crippen molar-refractivity contribution >= 4 is 11.6 Å². The molecule has 4 rings (SSSR count). The van der Waals surface area contributed by atoms with Crippen LogP contribution in [0.2, 0.25) is 0 Å². The van der Waals surface area contributed by atoms with Crippen LogP contribution in [0.3, 0.4) is 0 Å². The zero-order valence-corrected chi connectivity index (χ0v) is 16.9. The van der Waals surface area contributed by atoms with Crippen LogP contribution in [0.5, 0.6) is 0 Å². The molecule has 0 amide bonds. The van der Waals surface area contributed by atoms with Crippen molar-refractivity contribution in [1.29, 1.82) is 0 Å². The Labute approximate surface area is 166 Å². The van der Waals surface area contributed by atoms with E-state index in [4.69, 9.17) is 4.98 Å². The number of hydrogen-bond acceptors (Lipinski definition) is 5. The zero-order chi connectivity index (χ0) is 19.5. The first-order valence-corrected chi connectivity index (χ1v) is 9.95. The summed E-state index contributed by atoms with van der Waals surface area (Å²) in [4.78, 5) is 11.8. The van der Waals surface area contributed by atoms with Gasteiger partial charge in [0.25, 0.3) is 0 Å². The van der Waals surface area contributed by atoms with E-state index < -0.39 is 0 Å². The van der Waals surface area contributed by atoms with Gasteiger partial charge in [-0.1, -0.05) is 12.1 Å². The third kappa shape index (κ3) is 4.22. The molecule has 1 saturated heterocycles. The fourth-order valence-corrected chi connectivity index (χ4v) is 3.97. The summed E-state index contributed by atoms with van der Waals surface area (Å²) < 4.78 is 1.91. The van der Waals surface area contributed by atoms with Crippen molar-refractivity contribution < 1.29 is 0 Å². The van der Waals surface area contributed by atoms with Crippen LogP contribution in [0.4, 0.5) is 11.6 Å². The van der Waals surface area contributed by atoms with E-state index in [0.717, 1.165) is 48.2 Å². The van der Waals surface area contributed by atoms with Gasteiger partial charge >= 0.3 is 0 Å². The average Bonchev–Trinajstić information content (AvgIpc) is 3.01. The van der Waals surface area contributed by atoms with Crippen LogP contribution in [-0.4, -0.2) is 37.7 Å². The summed E-state index contributed by atoms with van der Waals surface area (Å²) >= 11 is 0. The predicted octanol–water partition coefficient (Wildman–Crippen LogP) is 3.95. The minimum Gasteiger partial charge on any atom is -0.325 e. The van der Waals surface area contributed by atoms with Crippen LogP contribution in [0, 0.1) is 13.8 Å². The van der Waals surface area contributed by atoms with Gasteiger partial charge in [0, 0.05) is 49.7 Å². The molecule has 0 aliphatic carbocycles. The van der Waals surface area contributed by atoms with Gasteiger partial charge in [-0.05, 0) is 57.0 Å². The third-order valence-electron chi connectivity index (χ3n) is 5.46. The Morgan fingerprint density at radius 2 is 2.07 bits per heavy atom. The minimum absolute atomic E-state index is 0.456. The van der Waals surface area contributed by atoms with Gasteiger partial charge in [0.2, 0.25) is 0 Å². The number of rotatable bonds is 5. The van der Waals surface area contributed by atoms with Crippen molar-refractivity contribution in [3.05, 3.63) is 65.2 Å². The smallest absolute Gasteiger partial charge is 0.134 e. The Morgan fingerprint density at radius 1 is 1.18 bits per heavy atom. The maximum absolute atomic E-state index is 4.90. The molecule has 146 valence electrons. The van der Waals surface area contributed by atoms with E-state index in [1.165, 1.54) is 18.4 Å². The highest BCUT2D eigenvalue weighted by molar-refractivity contribution is 5.55. The topological polar surface area (TPSA) is 58.9 Å². The highest BCUT2D eigenvalue weighted by atomic mass is 15.3. The molecule has 4 heterocycles. The number of anilines is 2. The number of pyridine rings is 2. The molecule has 3 aromatic heterocycles. The van der Waals surface area contributed by atoms with Crippen LogP contribution in [0.1, 0.15) is 41.3 Å². The van der Waals surface area contributed by atoms with Gasteiger partial charge in [0.15, 0.2) is 0 Å². The first-order chi connectivity index (χ1) is 13.6. The highest BCUT2D eigenvalue weighted by Crippen LogP contribution is 2.28. The number of nitrogens with zero attached hydrogens (tertiary/aromatic N) is 5. The standard InChI is InChI=1S/C22H28N6/c1-16-7-5-11-23-22(16)25-21-10-4-9-20(24-21)18-8-6-12-28(14-18)15-19-13-27(3)26-17(19)2/h4-5,7,9-11,13,18H,6,8,12,14-15H2,1-3H3,(H,23,24,25)/t18-/m0/s1. The van der Waals surface area contributed by atoms with Crippen molar-refractivity contribution in [2.45, 2.75) is 39.2 Å². The first-order valence-electron chi connectivity index (χ1n) is 9.95. The first kappa shape index (κ1) is 18.6. The largest absolute Gasteiger partial charge is 0.325 e. The molecule has 0 unspecified atom stereocenters. The SMILES string of the molecule is Cc1cccnc1Nc1cccc([C@H]2CCCN(Cc3cn(C)nc3C)C2)n1. The molecule has 0 bridgehead atoms. The maximum atomic E-state index is 4.90. The van der Waals surface area contributed by atoms with Gasteiger partial charge in [-0.2, -0.15) is 5.10 Å². The lowest BCUT2D eigenvalue weighted by atomic mass is 9.94. The molecule has 3 aromatic rings. The van der Waals surface area contributed by atoms with Crippen LogP contribution >= 0.6 is 0 Å². The van der Waals surface area contributed by atoms with E-state index in [1.54, 1.807) is 6.20 Å². The molecule has 0 radical (unpaired) electrons. The Balaban J connectivity index is 1.46. The Kier molecular flexibility index (Phi) is 5.39. The van der Waals surface area contributed by atoms with Gasteiger partial charge in [-0.25, -0.2) is 9.97 Å². The van der Waals surface area contributed by atoms with Gasteiger partial charge in [0.05, 0.1) is 5.69 Å². The number of piperidine rings is 1. The molecule has 0 saturated carbocycles. The fourth-order valence-electron chi connectivity index (χ4n) is 3.97. The van der Waals surface area contributed by atoms with Crippen LogP contribution in [0.15, 0.2) is 42.7 Å². The predicted molar refractivity (Wildman–Crippen MR) is 112 cm³/mol. The molecule has 1 fully saturated rings. The lowest BCUT2D eigenvalue weighted by Crippen LogP contribution is -2.34. The fraction of sp³-hybridized carbons (Fsp3) is 0.409. The molecular weight excluding hydrogens is 348 g/mol. The number of aromatic nitrogens is 4. The second-order valence-electron chi connectivity index (χ2n) is 7.73. The lowest BCUT2D eigenvalue weighted by molar-refractivity contribution is 0.198. The number of aryl methyl sites for hydroxylation is 3. The summed E-state index contributed by atoms with van der Waals surface area (Å²) in [5, 5.41) is 7.84. The molecule has 1 aliphatic heterocycles. The van der Waals surface area contributed by atoms with Gasteiger partial charge in [0.1, 0.15) is 11.6 Å². The molecule has 6 nitrogen and oxygen atoms in total. The van der Waals surface area contributed by atoms with E-state index >= 15 is 0 Å². The van der Waals surface area contributed by atoms with Gasteiger partial charge in [-0.15, -0.1) is 0 Å². The number of nitrogens with one attached hydrogen (secondary N) is 1. The van der Waals surface area contributed by atoms with Crippen LogP contribution in [-0.2, 0) is 13.6 Å². The van der Waals surface area contributed by atoms with E-state index in [0.29, 0.717) is 5.92 Å². The molecule has 1 N–H and O–H groups in total. The molecule has 0 aromatic carbocycles. The summed E-state index contributed by atoms with van der Waals surface area (Å²) in [6.45, 7) is 7.27. The maximum Gasteiger partial charge on any atom is 0.134 e. The average molecular weight is 377 g/mol. The molecule has 1 aliphatic rings. The van der Waals surface area contributed by atoms with Crippen molar-refractivity contribution in [2.75, 3.05) is 18.4 Å². The lowest BCUT2D eigenvalue weighted by Gasteiger charge is -2.32. The zero-order valence-electron chi connectivity index (χ0n) is 16.9. The van der Waals surface area contributed by atoms with E-state index in [1.807, 2.05) is 23.9 Å². The van der Waals surface area contributed by atoms with Crippen molar-refractivity contribution in [3.8, 4) is 0 Å². The molecule has 28 heavy (non-hydrogen) atoms. The Bertz CT molecular complexity index is 948. The quantitative estimate of drug-likeness (QED) is 0.731. The van der Waals surface area contributed by atoms with Crippen molar-refractivity contribution in [1.82, 2.24) is 24.6 Å². The van der Waals surface area contributed by atoms with Gasteiger partial charge < -0.3 is 5.32 Å². The second kappa shape index (κ2) is 8.10. The molecule has 6 heteroatoms. The highest BCUT2D eigenvalue weighted by Gasteiger charge is 2.23. The summed E-state index contributed by atoms with van der Waals surface area (Å²) in [6, 6.07) is 10.3. The summed E-state index contributed by atoms with van der Waals surface area (Å²) in [6.07, 6.45) is 6.32. The Morgan fingerprint density at radius 3 is 2.86 bits per heavy atom. The number of hydrogen-bond donors (Lipinski definition) is 1. The van der Waals surface area contributed by atoms with E-state index in [2.05, 4.69) is 58.5 Å². The molecule has 0 spiro atoms. The van der Waals surface area contributed by atoms with Gasteiger partial charge in [-0.3, -0.25) is 9.58 Å². The third-order valence-corrected chi connectivity index (χ3v) is 5.46. The second-order valence-corrected chi connectivity index (χ2v) is 7.73. The van der Waals surface area contributed by atoms with Crippen LogP contribution in [0.25, 0.3) is 0 Å². The normalized spacial score (nSPS) is 17.6.